The van der Waals surface area contributed by atoms with E-state index in [-0.39, 0.29) is 17.6 Å². The Morgan fingerprint density at radius 3 is 2.83 bits per heavy atom. The minimum absolute atomic E-state index is 0.0483. The monoisotopic (exact) mass is 514 g/mol. The maximum Gasteiger partial charge on any atom is 0.343 e. The minimum atomic E-state index is -1.37. The van der Waals surface area contributed by atoms with Gasteiger partial charge in [0.15, 0.2) is 5.60 Å². The number of carbonyl (C=O) groups is 1. The van der Waals surface area contributed by atoms with E-state index in [1.54, 1.807) is 26.2 Å². The van der Waals surface area contributed by atoms with E-state index < -0.39 is 11.6 Å². The number of benzene rings is 2. The van der Waals surface area contributed by atoms with Crippen LogP contribution in [0.15, 0.2) is 65.5 Å². The summed E-state index contributed by atoms with van der Waals surface area (Å²) in [5.41, 5.74) is 4.85. The number of fused-ring (bicyclic) bond motifs is 6. The first-order valence-corrected chi connectivity index (χ1v) is 14.3. The number of aromatic nitrogens is 2. The van der Waals surface area contributed by atoms with E-state index in [1.807, 2.05) is 55.5 Å². The standard InChI is InChI=1S/C28H22N2O4S2/c1-2-28(34-26-19-9-5-3-8-17(19)15-35-36-26)21-12-23-24-18(11-16-7-4-6-10-22(16)29-24)13-30(23)25(31)20(21)14-33-27(28)32/h3-12,26H,2,13-15H2,1H3/t26?,28-/m0/s1. The molecular formula is C28H22N2O4S2. The van der Waals surface area contributed by atoms with Crippen molar-refractivity contribution in [2.24, 2.45) is 0 Å². The Morgan fingerprint density at radius 2 is 1.94 bits per heavy atom. The lowest BCUT2D eigenvalue weighted by atomic mass is 9.85. The quantitative estimate of drug-likeness (QED) is 0.226. The summed E-state index contributed by atoms with van der Waals surface area (Å²) < 4.78 is 14.1. The Labute approximate surface area is 215 Å². The zero-order valence-corrected chi connectivity index (χ0v) is 21.2. The molecule has 0 N–H and O–H groups in total. The molecule has 36 heavy (non-hydrogen) atoms. The van der Waals surface area contributed by atoms with Gasteiger partial charge in [-0.05, 0) is 35.7 Å². The van der Waals surface area contributed by atoms with Crippen LogP contribution in [0.2, 0.25) is 0 Å². The summed E-state index contributed by atoms with van der Waals surface area (Å²) in [7, 11) is 3.31. The van der Waals surface area contributed by atoms with Gasteiger partial charge in [0.2, 0.25) is 0 Å². The Balaban J connectivity index is 1.40. The molecular weight excluding hydrogens is 492 g/mol. The van der Waals surface area contributed by atoms with E-state index >= 15 is 0 Å². The van der Waals surface area contributed by atoms with Crippen LogP contribution in [0, 0.1) is 0 Å². The molecule has 0 saturated carbocycles. The van der Waals surface area contributed by atoms with Crippen molar-refractivity contribution in [1.29, 1.82) is 0 Å². The lowest BCUT2D eigenvalue weighted by Gasteiger charge is -2.39. The van der Waals surface area contributed by atoms with Gasteiger partial charge in [0.1, 0.15) is 12.0 Å². The Morgan fingerprint density at radius 1 is 1.11 bits per heavy atom. The van der Waals surface area contributed by atoms with Gasteiger partial charge in [-0.15, -0.1) is 0 Å². The maximum atomic E-state index is 13.7. The highest BCUT2D eigenvalue weighted by molar-refractivity contribution is 8.76. The zero-order chi connectivity index (χ0) is 24.4. The third kappa shape index (κ3) is 3.14. The molecule has 0 spiro atoms. The molecule has 0 amide bonds. The largest absolute Gasteiger partial charge is 0.458 e. The van der Waals surface area contributed by atoms with Crippen molar-refractivity contribution < 1.29 is 14.3 Å². The van der Waals surface area contributed by atoms with Crippen LogP contribution in [0.4, 0.5) is 0 Å². The number of cyclic esters (lactones) is 1. The van der Waals surface area contributed by atoms with Gasteiger partial charge in [-0.3, -0.25) is 4.79 Å². The first-order valence-electron chi connectivity index (χ1n) is 12.0. The molecule has 6 nitrogen and oxygen atoms in total. The van der Waals surface area contributed by atoms with Gasteiger partial charge in [-0.1, -0.05) is 71.0 Å². The molecule has 3 aliphatic heterocycles. The summed E-state index contributed by atoms with van der Waals surface area (Å²) in [5.74, 6) is 0.437. The van der Waals surface area contributed by atoms with Crippen LogP contribution in [0.3, 0.4) is 0 Å². The summed E-state index contributed by atoms with van der Waals surface area (Å²) in [6.45, 7) is 2.31. The fourth-order valence-corrected chi connectivity index (χ4v) is 7.98. The molecule has 0 fully saturated rings. The SMILES string of the molecule is CC[C@@]1(OC2SSCc3ccccc32)C(=O)OCc2c1cc1n(c2=O)Cc2cc3ccccc3nc2-1. The molecule has 0 saturated heterocycles. The molecule has 8 heteroatoms. The van der Waals surface area contributed by atoms with Crippen molar-refractivity contribution >= 4 is 38.5 Å². The fourth-order valence-electron chi connectivity index (χ4n) is 5.48. The highest BCUT2D eigenvalue weighted by Gasteiger charge is 2.50. The first-order chi connectivity index (χ1) is 17.6. The number of ether oxygens (including phenoxy) is 2. The number of pyridine rings is 2. The van der Waals surface area contributed by atoms with E-state index in [0.717, 1.165) is 39.2 Å². The van der Waals surface area contributed by atoms with Gasteiger partial charge >= 0.3 is 5.97 Å². The second-order valence-corrected chi connectivity index (χ2v) is 11.7. The fraction of sp³-hybridized carbons (Fsp3) is 0.250. The molecule has 0 radical (unpaired) electrons. The number of hydrogen-bond acceptors (Lipinski definition) is 7. The molecule has 3 aliphatic rings. The van der Waals surface area contributed by atoms with Crippen LogP contribution < -0.4 is 5.56 Å². The van der Waals surface area contributed by atoms with Gasteiger partial charge in [-0.25, -0.2) is 9.78 Å². The van der Waals surface area contributed by atoms with Crippen molar-refractivity contribution in [3.05, 3.63) is 98.8 Å². The van der Waals surface area contributed by atoms with Gasteiger partial charge in [0.05, 0.1) is 29.0 Å². The van der Waals surface area contributed by atoms with Crippen LogP contribution in [0.25, 0.3) is 22.3 Å². The third-order valence-corrected chi connectivity index (χ3v) is 9.75. The number of hydrogen-bond donors (Lipinski definition) is 0. The van der Waals surface area contributed by atoms with Gasteiger partial charge in [0, 0.05) is 22.3 Å². The molecule has 2 atom stereocenters. The summed E-state index contributed by atoms with van der Waals surface area (Å²) in [4.78, 5) is 32.1. The van der Waals surface area contributed by atoms with Crippen molar-refractivity contribution in [2.45, 2.75) is 43.3 Å². The minimum Gasteiger partial charge on any atom is -0.458 e. The van der Waals surface area contributed by atoms with Gasteiger partial charge in [0.25, 0.3) is 5.56 Å². The Bertz CT molecular complexity index is 1630. The normalized spacial score (nSPS) is 21.9. The van der Waals surface area contributed by atoms with Crippen LogP contribution >= 0.6 is 21.6 Å². The molecule has 5 heterocycles. The first kappa shape index (κ1) is 22.2. The third-order valence-electron chi connectivity index (χ3n) is 7.37. The Hall–Kier alpha value is -3.07. The molecule has 2 aromatic heterocycles. The van der Waals surface area contributed by atoms with Crippen molar-refractivity contribution in [3.63, 3.8) is 0 Å². The number of esters is 1. The topological polar surface area (TPSA) is 70.4 Å². The number of para-hydroxylation sites is 1. The lowest BCUT2D eigenvalue weighted by Crippen LogP contribution is -2.47. The molecule has 0 aliphatic carbocycles. The molecule has 2 aromatic carbocycles. The molecule has 7 rings (SSSR count). The van der Waals surface area contributed by atoms with Crippen LogP contribution in [-0.2, 0) is 38.8 Å². The molecule has 1 unspecified atom stereocenters. The van der Waals surface area contributed by atoms with Crippen molar-refractivity contribution in [2.75, 3.05) is 0 Å². The average Bonchev–Trinajstić information content (AvgIpc) is 3.27. The number of nitrogens with zero attached hydrogens (tertiary/aromatic N) is 2. The molecule has 4 aromatic rings. The number of rotatable bonds is 3. The van der Waals surface area contributed by atoms with Gasteiger partial charge < -0.3 is 14.0 Å². The average molecular weight is 515 g/mol. The van der Waals surface area contributed by atoms with E-state index in [2.05, 4.69) is 12.1 Å². The predicted octanol–water partition coefficient (Wildman–Crippen LogP) is 5.70. The summed E-state index contributed by atoms with van der Waals surface area (Å²) in [5, 5.41) is 1.04. The van der Waals surface area contributed by atoms with Crippen molar-refractivity contribution in [1.82, 2.24) is 9.55 Å². The summed E-state index contributed by atoms with van der Waals surface area (Å²) in [6.07, 6.45) is 0.351. The highest BCUT2D eigenvalue weighted by atomic mass is 33.1. The zero-order valence-electron chi connectivity index (χ0n) is 19.5. The van der Waals surface area contributed by atoms with E-state index in [1.165, 1.54) is 5.56 Å². The molecule has 180 valence electrons. The second-order valence-electron chi connectivity index (χ2n) is 9.27. The van der Waals surface area contributed by atoms with E-state index in [4.69, 9.17) is 14.5 Å². The van der Waals surface area contributed by atoms with Gasteiger partial charge in [-0.2, -0.15) is 0 Å². The predicted molar refractivity (Wildman–Crippen MR) is 141 cm³/mol. The maximum absolute atomic E-state index is 13.7. The van der Waals surface area contributed by atoms with Crippen LogP contribution in [0.1, 0.15) is 46.6 Å². The van der Waals surface area contributed by atoms with E-state index in [9.17, 15) is 9.59 Å². The summed E-state index contributed by atoms with van der Waals surface area (Å²) >= 11 is 0. The molecule has 0 bridgehead atoms. The van der Waals surface area contributed by atoms with Crippen LogP contribution in [-0.4, -0.2) is 15.5 Å². The number of carbonyl (C=O) groups excluding carboxylic acids is 1. The van der Waals surface area contributed by atoms with Crippen LogP contribution in [0.5, 0.6) is 0 Å². The summed E-state index contributed by atoms with van der Waals surface area (Å²) in [6, 6.07) is 20.1. The van der Waals surface area contributed by atoms with E-state index in [0.29, 0.717) is 24.1 Å². The second kappa shape index (κ2) is 8.23. The smallest absolute Gasteiger partial charge is 0.343 e. The van der Waals surface area contributed by atoms with Crippen molar-refractivity contribution in [3.8, 4) is 11.4 Å². The lowest BCUT2D eigenvalue weighted by molar-refractivity contribution is -0.184. The Kier molecular flexibility index (Phi) is 5.06. The highest BCUT2D eigenvalue weighted by Crippen LogP contribution is 2.52.